The van der Waals surface area contributed by atoms with E-state index in [-0.39, 0.29) is 16.2 Å². The molecule has 1 atom stereocenters. The Morgan fingerprint density at radius 2 is 0.512 bits per heavy atom. The fraction of sp³-hybridized carbons (Fsp3) is 0.120. The molecule has 0 aromatic heterocycles. The summed E-state index contributed by atoms with van der Waals surface area (Å²) in [4.78, 5) is 5.13. The molecule has 2 nitrogen and oxygen atoms in total. The fourth-order valence-electron chi connectivity index (χ4n) is 23.5. The van der Waals surface area contributed by atoms with E-state index in [0.717, 1.165) is 40.5 Å². The van der Waals surface area contributed by atoms with Crippen LogP contribution < -0.4 is 9.80 Å². The van der Waals surface area contributed by atoms with Gasteiger partial charge in [-0.2, -0.15) is 0 Å². The number of benzene rings is 19. The van der Waals surface area contributed by atoms with Gasteiger partial charge in [0, 0.05) is 61.0 Å². The molecule has 19 aromatic carbocycles. The van der Waals surface area contributed by atoms with Crippen molar-refractivity contribution in [2.75, 3.05) is 9.80 Å². The zero-order chi connectivity index (χ0) is 85.7. The lowest BCUT2D eigenvalue weighted by Crippen LogP contribution is -2.31. The molecule has 4 aliphatic rings. The first kappa shape index (κ1) is 77.1. The van der Waals surface area contributed by atoms with Gasteiger partial charge in [-0.05, 0) is 240 Å². The van der Waals surface area contributed by atoms with Gasteiger partial charge in [0.1, 0.15) is 0 Å². The van der Waals surface area contributed by atoms with Crippen LogP contribution in [0, 0.1) is 0 Å². The van der Waals surface area contributed by atoms with Gasteiger partial charge < -0.3 is 9.80 Å². The average Bonchev–Trinajstić information content (AvgIpc) is 1.63. The maximum atomic E-state index is 2.57. The molecule has 0 bridgehead atoms. The van der Waals surface area contributed by atoms with Crippen LogP contribution in [0.15, 0.2) is 437 Å². The van der Waals surface area contributed by atoms with Crippen LogP contribution in [-0.2, 0) is 38.9 Å². The second-order valence-corrected chi connectivity index (χ2v) is 37.6. The van der Waals surface area contributed by atoms with Crippen LogP contribution in [0.1, 0.15) is 144 Å². The second kappa shape index (κ2) is 29.5. The summed E-state index contributed by atoms with van der Waals surface area (Å²) < 4.78 is 0. The van der Waals surface area contributed by atoms with Gasteiger partial charge in [-0.25, -0.2) is 0 Å². The highest BCUT2D eigenvalue weighted by atomic mass is 15.2. The summed E-state index contributed by atoms with van der Waals surface area (Å²) in [7, 11) is 0. The number of hydrogen-bond acceptors (Lipinski definition) is 2. The molecule has 0 radical (unpaired) electrons. The fourth-order valence-corrected chi connectivity index (χ4v) is 23.5. The van der Waals surface area contributed by atoms with E-state index in [9.17, 15) is 0 Å². The molecule has 19 aromatic rings. The van der Waals surface area contributed by atoms with Crippen LogP contribution in [0.3, 0.4) is 0 Å². The zero-order valence-electron chi connectivity index (χ0n) is 73.2. The Labute approximate surface area is 747 Å². The molecule has 23 rings (SSSR count). The Balaban J connectivity index is 0.662. The van der Waals surface area contributed by atoms with Gasteiger partial charge in [-0.15, -0.1) is 0 Å². The van der Waals surface area contributed by atoms with Crippen molar-refractivity contribution in [3.05, 3.63) is 526 Å². The van der Waals surface area contributed by atoms with Crippen LogP contribution in [0.5, 0.6) is 0 Å². The van der Waals surface area contributed by atoms with Crippen molar-refractivity contribution in [1.82, 2.24) is 0 Å². The third-order valence-corrected chi connectivity index (χ3v) is 29.9. The Bertz CT molecular complexity index is 7480. The standard InChI is InChI=1S/C125H98N2/c1-120(2)106-53-29-25-47-98(106)104-79-94(73-75-109(104)120)127(115-78-62-84-36-22-24-46-97(84)119(115)103-52-34-58-113-117(103)101-50-28-31-55-108(101)122(113,5)6)93-71-67-91(68-72-93)125(88-41-17-11-18-42-88,89-43-19-12-20-44-89)90-63-59-82(60-64-90)81-123(7)110-56-32-26-48-99(110)105-80-95(74-76-111(105)123)126(92-69-65-87(66-70-92)124(8,85-37-13-9-14-38-85)86-39-15-10-16-40-86)114-77-61-83-35-21-23-45-96(83)118(114)102-51-33-57-112-116(102)100-49-27-30-54-107(100)121(112,3)4/h9-80H,81H2,1-8H3. The summed E-state index contributed by atoms with van der Waals surface area (Å²) in [6, 6.07) is 166. The average molecular weight is 1630 g/mol. The largest absolute Gasteiger partial charge is 0.310 e. The number of anilines is 6. The Hall–Kier alpha value is -14.7. The van der Waals surface area contributed by atoms with Crippen LogP contribution in [0.25, 0.3) is 88.3 Å². The Morgan fingerprint density at radius 3 is 0.976 bits per heavy atom. The highest BCUT2D eigenvalue weighted by molar-refractivity contribution is 6.12. The summed E-state index contributed by atoms with van der Waals surface area (Å²) in [5.41, 5.74) is 40.1. The lowest BCUT2D eigenvalue weighted by Gasteiger charge is -2.37. The predicted octanol–water partition coefficient (Wildman–Crippen LogP) is 32.5. The summed E-state index contributed by atoms with van der Waals surface area (Å²) in [5, 5.41) is 4.83. The molecule has 1 unspecified atom stereocenters. The number of rotatable bonds is 17. The highest BCUT2D eigenvalue weighted by Gasteiger charge is 2.45. The lowest BCUT2D eigenvalue weighted by molar-refractivity contribution is 0.582. The van der Waals surface area contributed by atoms with Crippen LogP contribution in [0.4, 0.5) is 34.1 Å². The van der Waals surface area contributed by atoms with Crippen molar-refractivity contribution in [2.24, 2.45) is 0 Å². The predicted molar refractivity (Wildman–Crippen MR) is 533 cm³/mol. The minimum absolute atomic E-state index is 0.166. The third-order valence-electron chi connectivity index (χ3n) is 29.9. The molecule has 0 amide bonds. The highest BCUT2D eigenvalue weighted by Crippen LogP contribution is 2.61. The topological polar surface area (TPSA) is 6.48 Å². The molecule has 0 saturated carbocycles. The van der Waals surface area contributed by atoms with Gasteiger partial charge >= 0.3 is 0 Å². The Kier molecular flexibility index (Phi) is 17.9. The molecular weight excluding hydrogens is 1530 g/mol. The molecule has 4 aliphatic carbocycles. The van der Waals surface area contributed by atoms with Crippen molar-refractivity contribution in [3.8, 4) is 66.8 Å². The van der Waals surface area contributed by atoms with Gasteiger partial charge in [0.25, 0.3) is 0 Å². The maximum absolute atomic E-state index is 2.57. The maximum Gasteiger partial charge on any atom is 0.0701 e. The van der Waals surface area contributed by atoms with Crippen LogP contribution >= 0.6 is 0 Å². The summed E-state index contributed by atoms with van der Waals surface area (Å²) >= 11 is 0. The smallest absolute Gasteiger partial charge is 0.0701 e. The van der Waals surface area contributed by atoms with E-state index < -0.39 is 16.2 Å². The van der Waals surface area contributed by atoms with Gasteiger partial charge in [-0.1, -0.05) is 425 Å². The normalized spacial score (nSPS) is 15.0. The first-order valence-corrected chi connectivity index (χ1v) is 45.2. The number of hydrogen-bond donors (Lipinski definition) is 0. The Morgan fingerprint density at radius 1 is 0.213 bits per heavy atom. The molecule has 0 N–H and O–H groups in total. The van der Waals surface area contributed by atoms with Crippen molar-refractivity contribution in [2.45, 2.75) is 94.3 Å². The summed E-state index contributed by atoms with van der Waals surface area (Å²) in [5.74, 6) is 0. The molecule has 2 heteroatoms. The first-order valence-electron chi connectivity index (χ1n) is 45.2. The third kappa shape index (κ3) is 11.8. The lowest BCUT2D eigenvalue weighted by atomic mass is 9.65. The molecular formula is C125H98N2. The molecule has 608 valence electrons. The second-order valence-electron chi connectivity index (χ2n) is 37.6. The summed E-state index contributed by atoms with van der Waals surface area (Å²) in [6.07, 6.45) is 0.780. The monoisotopic (exact) mass is 1630 g/mol. The number of fused-ring (bicyclic) bond motifs is 14. The first-order chi connectivity index (χ1) is 62.0. The van der Waals surface area contributed by atoms with Gasteiger partial charge in [0.15, 0.2) is 0 Å². The zero-order valence-corrected chi connectivity index (χ0v) is 73.2. The van der Waals surface area contributed by atoms with Gasteiger partial charge in [0.05, 0.1) is 16.8 Å². The summed E-state index contributed by atoms with van der Waals surface area (Å²) in [6.45, 7) is 19.2. The van der Waals surface area contributed by atoms with Crippen LogP contribution in [0.2, 0.25) is 0 Å². The van der Waals surface area contributed by atoms with Gasteiger partial charge in [0.2, 0.25) is 0 Å². The van der Waals surface area contributed by atoms with Crippen molar-refractivity contribution >= 4 is 55.7 Å². The van der Waals surface area contributed by atoms with E-state index in [1.807, 2.05) is 0 Å². The van der Waals surface area contributed by atoms with E-state index in [2.05, 4.69) is 502 Å². The van der Waals surface area contributed by atoms with E-state index in [1.54, 1.807) is 0 Å². The molecule has 0 spiro atoms. The van der Waals surface area contributed by atoms with E-state index in [4.69, 9.17) is 0 Å². The van der Waals surface area contributed by atoms with Crippen molar-refractivity contribution in [1.29, 1.82) is 0 Å². The minimum atomic E-state index is -0.749. The SMILES string of the molecule is CC1(C)c2ccccc2-c2cc(N(c3ccc(C(c4ccccc4)(c4ccccc4)c4ccc(CC5(C)c6ccccc6-c6cc(N(c7ccc(C(C)(c8ccccc8)c8ccccc8)cc7)c7ccc8ccccc8c7-c7cccc8c7-c7ccccc7C8(C)C)ccc65)cc4)cc3)c3ccc4ccccc4c3-c3cccc4c3-c3ccccc3C4(C)C)ccc21. The minimum Gasteiger partial charge on any atom is -0.310 e. The molecule has 0 saturated heterocycles. The molecule has 0 fully saturated rings. The van der Waals surface area contributed by atoms with Crippen molar-refractivity contribution < 1.29 is 0 Å². The quantitative estimate of drug-likeness (QED) is 0.0839. The molecule has 0 aliphatic heterocycles. The van der Waals surface area contributed by atoms with Gasteiger partial charge in [-0.3, -0.25) is 0 Å². The van der Waals surface area contributed by atoms with E-state index in [0.29, 0.717) is 0 Å². The number of nitrogens with zero attached hydrogens (tertiary/aromatic N) is 2. The molecule has 127 heavy (non-hydrogen) atoms. The van der Waals surface area contributed by atoms with Crippen molar-refractivity contribution in [3.63, 3.8) is 0 Å². The molecule has 0 heterocycles. The van der Waals surface area contributed by atoms with Crippen LogP contribution in [-0.4, -0.2) is 0 Å². The van der Waals surface area contributed by atoms with E-state index >= 15 is 0 Å². The van der Waals surface area contributed by atoms with E-state index in [1.165, 1.54) is 177 Å².